The van der Waals surface area contributed by atoms with Crippen LogP contribution in [0.2, 0.25) is 0 Å². The Morgan fingerprint density at radius 2 is 1.67 bits per heavy atom. The highest BCUT2D eigenvalue weighted by Crippen LogP contribution is 2.13. The van der Waals surface area contributed by atoms with Crippen LogP contribution in [-0.4, -0.2) is 21.9 Å². The van der Waals surface area contributed by atoms with Gasteiger partial charge in [-0.05, 0) is 36.0 Å². The zero-order valence-electron chi connectivity index (χ0n) is 10.5. The van der Waals surface area contributed by atoms with Gasteiger partial charge in [0.05, 0.1) is 4.92 Å². The van der Waals surface area contributed by atoms with Crippen molar-refractivity contribution in [3.63, 3.8) is 0 Å². The molecule has 0 aromatic heterocycles. The largest absolute Gasteiger partial charge is 0.299 e. The zero-order chi connectivity index (χ0) is 15.4. The first-order valence-corrected chi connectivity index (χ1v) is 6.17. The molecule has 7 nitrogen and oxygen atoms in total. The Morgan fingerprint density at radius 1 is 1.10 bits per heavy atom. The Balaban J connectivity index is 2.12. The highest BCUT2D eigenvalue weighted by molar-refractivity contribution is 7.80. The number of nitro groups is 1. The third-order valence-corrected chi connectivity index (χ3v) is 2.80. The Bertz CT molecular complexity index is 670. The van der Waals surface area contributed by atoms with Crippen molar-refractivity contribution in [1.29, 1.82) is 0 Å². The molecule has 2 N–H and O–H groups in total. The third kappa shape index (κ3) is 3.57. The van der Waals surface area contributed by atoms with E-state index in [1.807, 2.05) is 0 Å². The molecule has 1 aromatic rings. The first-order valence-electron chi connectivity index (χ1n) is 5.77. The Labute approximate surface area is 124 Å². The van der Waals surface area contributed by atoms with Gasteiger partial charge in [-0.2, -0.15) is 0 Å². The van der Waals surface area contributed by atoms with E-state index >= 15 is 0 Å². The van der Waals surface area contributed by atoms with Crippen molar-refractivity contribution in [2.45, 2.75) is 0 Å². The highest BCUT2D eigenvalue weighted by atomic mass is 32.1. The number of carbonyl (C=O) groups is 2. The number of carbonyl (C=O) groups excluding carboxylic acids is 2. The maximum atomic E-state index is 11.5. The highest BCUT2D eigenvalue weighted by Gasteiger charge is 2.24. The Morgan fingerprint density at radius 3 is 2.19 bits per heavy atom. The lowest BCUT2D eigenvalue weighted by Crippen LogP contribution is -2.51. The molecule has 0 aliphatic carbocycles. The minimum Gasteiger partial charge on any atom is -0.299 e. The van der Waals surface area contributed by atoms with Gasteiger partial charge in [0.2, 0.25) is 0 Å². The predicted octanol–water partition coefficient (Wildman–Crippen LogP) is 1.07. The van der Waals surface area contributed by atoms with E-state index in [1.54, 1.807) is 18.2 Å². The lowest BCUT2D eigenvalue weighted by atomic mass is 10.1. The van der Waals surface area contributed by atoms with Crippen LogP contribution in [0.1, 0.15) is 5.56 Å². The summed E-state index contributed by atoms with van der Waals surface area (Å²) >= 11 is 4.67. The molecule has 0 atom stereocenters. The van der Waals surface area contributed by atoms with E-state index in [-0.39, 0.29) is 16.4 Å². The summed E-state index contributed by atoms with van der Waals surface area (Å²) in [6.45, 7) is 0. The molecule has 0 radical (unpaired) electrons. The first-order chi connectivity index (χ1) is 9.97. The predicted molar refractivity (Wildman–Crippen MR) is 79.1 cm³/mol. The van der Waals surface area contributed by atoms with Crippen LogP contribution < -0.4 is 10.6 Å². The average molecular weight is 303 g/mol. The van der Waals surface area contributed by atoms with Crippen LogP contribution in [0.4, 0.5) is 5.69 Å². The van der Waals surface area contributed by atoms with Gasteiger partial charge in [0.15, 0.2) is 5.11 Å². The third-order valence-electron chi connectivity index (χ3n) is 2.60. The fourth-order valence-corrected chi connectivity index (χ4v) is 1.77. The lowest BCUT2D eigenvalue weighted by molar-refractivity contribution is -0.384. The molecule has 1 aromatic carbocycles. The number of non-ortho nitro benzene ring substituents is 1. The summed E-state index contributed by atoms with van der Waals surface area (Å²) in [6, 6.07) is 5.85. The maximum absolute atomic E-state index is 11.5. The van der Waals surface area contributed by atoms with Gasteiger partial charge in [-0.1, -0.05) is 12.2 Å². The SMILES string of the molecule is O=C1NC(=S)NC(=O)C1=C/C=C\c1ccc([N+](=O)[O-])cc1. The summed E-state index contributed by atoms with van der Waals surface area (Å²) in [6.07, 6.45) is 4.46. The molecule has 1 aliphatic rings. The van der Waals surface area contributed by atoms with Crippen molar-refractivity contribution < 1.29 is 14.5 Å². The Kier molecular flexibility index (Phi) is 4.19. The second-order valence-electron chi connectivity index (χ2n) is 4.03. The summed E-state index contributed by atoms with van der Waals surface area (Å²) in [4.78, 5) is 33.1. The molecule has 2 rings (SSSR count). The minimum atomic E-state index is -0.572. The average Bonchev–Trinajstić information content (AvgIpc) is 2.42. The molecule has 1 saturated heterocycles. The molecular weight excluding hydrogens is 294 g/mol. The number of nitrogens with one attached hydrogen (secondary N) is 2. The summed E-state index contributed by atoms with van der Waals surface area (Å²) < 4.78 is 0. The van der Waals surface area contributed by atoms with E-state index in [1.165, 1.54) is 24.3 Å². The van der Waals surface area contributed by atoms with Crippen molar-refractivity contribution in [2.75, 3.05) is 0 Å². The topological polar surface area (TPSA) is 101 Å². The number of benzene rings is 1. The van der Waals surface area contributed by atoms with Crippen LogP contribution in [0, 0.1) is 10.1 Å². The second kappa shape index (κ2) is 6.06. The van der Waals surface area contributed by atoms with Crippen molar-refractivity contribution >= 4 is 40.9 Å². The first kappa shape index (κ1) is 14.5. The molecule has 0 saturated carbocycles. The zero-order valence-corrected chi connectivity index (χ0v) is 11.3. The van der Waals surface area contributed by atoms with E-state index in [0.717, 1.165) is 0 Å². The smallest absolute Gasteiger partial charge is 0.269 e. The van der Waals surface area contributed by atoms with Crippen LogP contribution in [0.15, 0.2) is 42.0 Å². The minimum absolute atomic E-state index is 0.00921. The van der Waals surface area contributed by atoms with Gasteiger partial charge < -0.3 is 0 Å². The van der Waals surface area contributed by atoms with E-state index in [0.29, 0.717) is 5.56 Å². The number of nitrogens with zero attached hydrogens (tertiary/aromatic N) is 1. The van der Waals surface area contributed by atoms with Gasteiger partial charge in [0, 0.05) is 12.1 Å². The molecule has 1 heterocycles. The number of thiocarbonyl (C=S) groups is 1. The lowest BCUT2D eigenvalue weighted by Gasteiger charge is -2.15. The second-order valence-corrected chi connectivity index (χ2v) is 4.43. The van der Waals surface area contributed by atoms with Gasteiger partial charge in [-0.3, -0.25) is 30.3 Å². The molecule has 0 bridgehead atoms. The van der Waals surface area contributed by atoms with Gasteiger partial charge in [0.1, 0.15) is 5.57 Å². The van der Waals surface area contributed by atoms with Crippen LogP contribution in [0.25, 0.3) is 6.08 Å². The van der Waals surface area contributed by atoms with Crippen molar-refractivity contribution in [1.82, 2.24) is 10.6 Å². The number of allylic oxidation sites excluding steroid dienone is 2. The van der Waals surface area contributed by atoms with Gasteiger partial charge >= 0.3 is 0 Å². The standard InChI is InChI=1S/C13H9N3O4S/c17-11-10(12(18)15-13(21)14-11)3-1-2-8-4-6-9(7-5-8)16(19)20/h1-7H,(H2,14,15,17,18,21)/b2-1-. The molecular formula is C13H9N3O4S. The fourth-order valence-electron chi connectivity index (χ4n) is 1.59. The fraction of sp³-hybridized carbons (Fsp3) is 0. The molecule has 2 amide bonds. The number of rotatable bonds is 3. The normalized spacial score (nSPS) is 14.9. The molecule has 0 spiro atoms. The van der Waals surface area contributed by atoms with Gasteiger partial charge in [0.25, 0.3) is 17.5 Å². The monoisotopic (exact) mass is 303 g/mol. The number of nitro benzene ring substituents is 1. The van der Waals surface area contributed by atoms with Crippen LogP contribution >= 0.6 is 12.2 Å². The van der Waals surface area contributed by atoms with Gasteiger partial charge in [-0.15, -0.1) is 0 Å². The van der Waals surface area contributed by atoms with Crippen molar-refractivity contribution in [2.24, 2.45) is 0 Å². The molecule has 1 aliphatic heterocycles. The molecule has 106 valence electrons. The van der Waals surface area contributed by atoms with Gasteiger partial charge in [-0.25, -0.2) is 0 Å². The number of hydrogen-bond acceptors (Lipinski definition) is 5. The molecule has 1 fully saturated rings. The van der Waals surface area contributed by atoms with E-state index < -0.39 is 16.7 Å². The van der Waals surface area contributed by atoms with Crippen molar-refractivity contribution in [3.8, 4) is 0 Å². The number of hydrogen-bond donors (Lipinski definition) is 2. The summed E-state index contributed by atoms with van der Waals surface area (Å²) in [5, 5.41) is 15.1. The summed E-state index contributed by atoms with van der Waals surface area (Å²) in [5.74, 6) is -1.14. The van der Waals surface area contributed by atoms with E-state index in [9.17, 15) is 19.7 Å². The molecule has 8 heteroatoms. The summed E-state index contributed by atoms with van der Waals surface area (Å²) in [5.41, 5.74) is 0.622. The van der Waals surface area contributed by atoms with Crippen LogP contribution in [0.3, 0.4) is 0 Å². The summed E-state index contributed by atoms with van der Waals surface area (Å²) in [7, 11) is 0. The molecule has 21 heavy (non-hydrogen) atoms. The van der Waals surface area contributed by atoms with Crippen molar-refractivity contribution in [3.05, 3.63) is 57.7 Å². The maximum Gasteiger partial charge on any atom is 0.269 e. The van der Waals surface area contributed by atoms with Crippen LogP contribution in [-0.2, 0) is 9.59 Å². The number of amides is 2. The van der Waals surface area contributed by atoms with E-state index in [4.69, 9.17) is 0 Å². The van der Waals surface area contributed by atoms with E-state index in [2.05, 4.69) is 22.9 Å². The Hall–Kier alpha value is -2.87. The quantitative estimate of drug-likeness (QED) is 0.286. The molecule has 0 unspecified atom stereocenters. The van der Waals surface area contributed by atoms with Crippen LogP contribution in [0.5, 0.6) is 0 Å².